The molecule has 8 heteroatoms. The quantitative estimate of drug-likeness (QED) is 0.563. The lowest BCUT2D eigenvalue weighted by Gasteiger charge is -2.14. The zero-order valence-corrected chi connectivity index (χ0v) is 14.5. The number of imidazole rings is 1. The van der Waals surface area contributed by atoms with E-state index in [9.17, 15) is 0 Å². The van der Waals surface area contributed by atoms with Gasteiger partial charge >= 0.3 is 0 Å². The molecular weight excluding hydrogens is 361 g/mol. The molecular formula is C17H13Cl2N5O. The normalized spacial score (nSPS) is 11.1. The lowest BCUT2D eigenvalue weighted by molar-refractivity contribution is 0.517. The summed E-state index contributed by atoms with van der Waals surface area (Å²) in [6.07, 6.45) is 4.87. The maximum Gasteiger partial charge on any atom is 0.165 e. The van der Waals surface area contributed by atoms with Crippen LogP contribution in [0.5, 0.6) is 0 Å². The number of halogens is 2. The first kappa shape index (κ1) is 15.9. The molecule has 0 fully saturated rings. The lowest BCUT2D eigenvalue weighted by atomic mass is 10.2. The fourth-order valence-corrected chi connectivity index (χ4v) is 3.01. The van der Waals surface area contributed by atoms with Crippen LogP contribution in [0.1, 0.15) is 11.3 Å². The van der Waals surface area contributed by atoms with Crippen LogP contribution < -0.4 is 5.32 Å². The van der Waals surface area contributed by atoms with Crippen molar-refractivity contribution in [3.8, 4) is 11.5 Å². The Labute approximate surface area is 153 Å². The molecule has 0 saturated heterocycles. The minimum atomic E-state index is 0.523. The van der Waals surface area contributed by atoms with Gasteiger partial charge in [0.15, 0.2) is 17.3 Å². The minimum absolute atomic E-state index is 0.523. The average Bonchev–Trinajstić information content (AvgIpc) is 3.28. The standard InChI is InChI=1S/C17H13Cl2N5O/c18-12-4-3-11(14(19)6-12)8-24-10-23-16(15-17(24)22-9-21-15)20-7-13-2-1-5-25-13/h1-6,9-10,20H,7-8H2. The topological polar surface area (TPSA) is 68.8 Å². The Bertz CT molecular complexity index is 967. The van der Waals surface area contributed by atoms with E-state index in [1.807, 2.05) is 28.8 Å². The number of hydrogen-bond donors (Lipinski definition) is 1. The highest BCUT2D eigenvalue weighted by Gasteiger charge is 2.17. The summed E-state index contributed by atoms with van der Waals surface area (Å²) < 4.78 is 7.22. The van der Waals surface area contributed by atoms with Gasteiger partial charge in [0, 0.05) is 10.0 Å². The van der Waals surface area contributed by atoms with Crippen LogP contribution in [0.25, 0.3) is 11.5 Å². The van der Waals surface area contributed by atoms with E-state index in [4.69, 9.17) is 27.6 Å². The first-order valence-electron chi connectivity index (χ1n) is 7.57. The molecule has 0 unspecified atom stereocenters. The maximum absolute atomic E-state index is 6.27. The molecule has 126 valence electrons. The molecule has 0 aliphatic carbocycles. The highest BCUT2D eigenvalue weighted by Crippen LogP contribution is 2.27. The van der Waals surface area contributed by atoms with Crippen molar-refractivity contribution in [1.82, 2.24) is 19.5 Å². The van der Waals surface area contributed by atoms with Gasteiger partial charge in [0.1, 0.15) is 12.1 Å². The summed E-state index contributed by atoms with van der Waals surface area (Å²) in [6.45, 7) is 1.05. The molecule has 0 saturated carbocycles. The summed E-state index contributed by atoms with van der Waals surface area (Å²) in [4.78, 5) is 13.1. The second kappa shape index (κ2) is 6.74. The molecule has 2 aromatic rings. The monoisotopic (exact) mass is 373 g/mol. The Kier molecular flexibility index (Phi) is 4.29. The van der Waals surface area contributed by atoms with Gasteiger partial charge in [-0.1, -0.05) is 29.3 Å². The van der Waals surface area contributed by atoms with Crippen LogP contribution >= 0.6 is 23.2 Å². The van der Waals surface area contributed by atoms with E-state index in [0.29, 0.717) is 34.6 Å². The van der Waals surface area contributed by atoms with Crippen molar-refractivity contribution in [2.45, 2.75) is 13.1 Å². The van der Waals surface area contributed by atoms with Crippen molar-refractivity contribution < 1.29 is 4.42 Å². The molecule has 0 radical (unpaired) electrons. The second-order valence-electron chi connectivity index (χ2n) is 5.44. The Balaban J connectivity index is 1.60. The molecule has 0 bridgehead atoms. The van der Waals surface area contributed by atoms with Crippen LogP contribution in [0.15, 0.2) is 53.7 Å². The summed E-state index contributed by atoms with van der Waals surface area (Å²) in [6, 6.07) is 9.16. The molecule has 1 aromatic carbocycles. The highest BCUT2D eigenvalue weighted by molar-refractivity contribution is 6.35. The third-order valence-electron chi connectivity index (χ3n) is 3.77. The minimum Gasteiger partial charge on any atom is -0.467 e. The molecule has 1 aromatic heterocycles. The van der Waals surface area contributed by atoms with Crippen molar-refractivity contribution >= 4 is 29.0 Å². The van der Waals surface area contributed by atoms with E-state index in [0.717, 1.165) is 17.1 Å². The molecule has 0 amide bonds. The van der Waals surface area contributed by atoms with E-state index in [1.165, 1.54) is 6.33 Å². The van der Waals surface area contributed by atoms with Gasteiger partial charge in [-0.25, -0.2) is 15.0 Å². The highest BCUT2D eigenvalue weighted by atomic mass is 35.5. The lowest BCUT2D eigenvalue weighted by Crippen LogP contribution is -2.11. The second-order valence-corrected chi connectivity index (χ2v) is 6.28. The molecule has 0 spiro atoms. The van der Waals surface area contributed by atoms with Gasteiger partial charge < -0.3 is 14.3 Å². The Morgan fingerprint density at radius 3 is 2.84 bits per heavy atom. The predicted octanol–water partition coefficient (Wildman–Crippen LogP) is 4.34. The zero-order valence-electron chi connectivity index (χ0n) is 13.0. The Morgan fingerprint density at radius 2 is 2.04 bits per heavy atom. The van der Waals surface area contributed by atoms with Crippen molar-refractivity contribution in [3.63, 3.8) is 0 Å². The van der Waals surface area contributed by atoms with Crippen molar-refractivity contribution in [1.29, 1.82) is 0 Å². The molecule has 2 aliphatic heterocycles. The van der Waals surface area contributed by atoms with Gasteiger partial charge in [-0.3, -0.25) is 0 Å². The molecule has 0 atom stereocenters. The number of nitrogens with zero attached hydrogens (tertiary/aromatic N) is 4. The Hall–Kier alpha value is -2.57. The van der Waals surface area contributed by atoms with E-state index >= 15 is 0 Å². The average molecular weight is 374 g/mol. The third-order valence-corrected chi connectivity index (χ3v) is 4.35. The summed E-state index contributed by atoms with van der Waals surface area (Å²) >= 11 is 12.2. The van der Waals surface area contributed by atoms with Gasteiger partial charge in [-0.05, 0) is 29.8 Å². The van der Waals surface area contributed by atoms with Crippen LogP contribution in [0.4, 0.5) is 5.82 Å². The number of nitrogens with one attached hydrogen (secondary N) is 1. The maximum atomic E-state index is 6.27. The summed E-state index contributed by atoms with van der Waals surface area (Å²) in [5.74, 6) is 2.20. The molecule has 3 heterocycles. The third kappa shape index (κ3) is 3.31. The van der Waals surface area contributed by atoms with E-state index in [-0.39, 0.29) is 0 Å². The molecule has 2 aliphatic rings. The molecule has 1 N–H and O–H groups in total. The Morgan fingerprint density at radius 1 is 1.12 bits per heavy atom. The number of aromatic nitrogens is 4. The van der Waals surface area contributed by atoms with Crippen LogP contribution in [-0.2, 0) is 13.1 Å². The van der Waals surface area contributed by atoms with Crippen molar-refractivity contribution in [2.24, 2.45) is 0 Å². The number of fused-ring (bicyclic) bond motifs is 1. The SMILES string of the molecule is Clc1ccc(Cn2cnc(NCc3ccco3)c3ncnc2-3)c(Cl)c1. The van der Waals surface area contributed by atoms with Crippen LogP contribution in [0, 0.1) is 0 Å². The smallest absolute Gasteiger partial charge is 0.165 e. The predicted molar refractivity (Wildman–Crippen MR) is 96.0 cm³/mol. The largest absolute Gasteiger partial charge is 0.467 e. The zero-order chi connectivity index (χ0) is 17.2. The molecule has 25 heavy (non-hydrogen) atoms. The van der Waals surface area contributed by atoms with Crippen LogP contribution in [-0.4, -0.2) is 19.5 Å². The van der Waals surface area contributed by atoms with Gasteiger partial charge in [-0.15, -0.1) is 0 Å². The number of furan rings is 1. The summed E-state index contributed by atoms with van der Waals surface area (Å²) in [7, 11) is 0. The van der Waals surface area contributed by atoms with Gasteiger partial charge in [0.25, 0.3) is 0 Å². The number of rotatable bonds is 5. The van der Waals surface area contributed by atoms with Crippen LogP contribution in [0.3, 0.4) is 0 Å². The van der Waals surface area contributed by atoms with E-state index in [1.54, 1.807) is 18.7 Å². The summed E-state index contributed by atoms with van der Waals surface area (Å²) in [5, 5.41) is 4.43. The van der Waals surface area contributed by atoms with E-state index < -0.39 is 0 Å². The van der Waals surface area contributed by atoms with Gasteiger partial charge in [0.05, 0.1) is 25.7 Å². The first-order chi connectivity index (χ1) is 12.2. The number of hydrogen-bond acceptors (Lipinski definition) is 5. The van der Waals surface area contributed by atoms with Gasteiger partial charge in [0.2, 0.25) is 0 Å². The fraction of sp³-hybridized carbons (Fsp3) is 0.118. The molecule has 6 nitrogen and oxygen atoms in total. The van der Waals surface area contributed by atoms with Crippen molar-refractivity contribution in [2.75, 3.05) is 5.32 Å². The summed E-state index contributed by atoms with van der Waals surface area (Å²) in [5.41, 5.74) is 1.62. The van der Waals surface area contributed by atoms with E-state index in [2.05, 4.69) is 20.3 Å². The number of benzene rings is 1. The van der Waals surface area contributed by atoms with Gasteiger partial charge in [-0.2, -0.15) is 0 Å². The number of anilines is 1. The van der Waals surface area contributed by atoms with Crippen LogP contribution in [0.2, 0.25) is 10.0 Å². The molecule has 4 rings (SSSR count). The van der Waals surface area contributed by atoms with Crippen molar-refractivity contribution in [3.05, 3.63) is 70.6 Å². The first-order valence-corrected chi connectivity index (χ1v) is 8.32. The fourth-order valence-electron chi connectivity index (χ4n) is 2.54.